The fourth-order valence-electron chi connectivity index (χ4n) is 2.91. The fourth-order valence-corrected chi connectivity index (χ4v) is 4.63. The van der Waals surface area contributed by atoms with Crippen LogP contribution in [0.4, 0.5) is 0 Å². The summed E-state index contributed by atoms with van der Waals surface area (Å²) in [5.41, 5.74) is 6.31. The quantitative estimate of drug-likeness (QED) is 0.273. The smallest absolute Gasteiger partial charge is 0.0427 e. The van der Waals surface area contributed by atoms with Gasteiger partial charge in [0.2, 0.25) is 0 Å². The highest BCUT2D eigenvalue weighted by atomic mass is 79.9. The lowest BCUT2D eigenvalue weighted by Gasteiger charge is -2.05. The second-order valence-electron chi connectivity index (χ2n) is 6.23. The van der Waals surface area contributed by atoms with Crippen LogP contribution in [0.3, 0.4) is 0 Å². The molecule has 0 aliphatic heterocycles. The minimum absolute atomic E-state index is 1.10. The first-order chi connectivity index (χ1) is 12.6. The first-order valence-electron chi connectivity index (χ1n) is 8.33. The van der Waals surface area contributed by atoms with Crippen molar-refractivity contribution < 1.29 is 0 Å². The van der Waals surface area contributed by atoms with Gasteiger partial charge in [-0.15, -0.1) is 11.3 Å². The van der Waals surface area contributed by atoms with Gasteiger partial charge in [0, 0.05) is 24.3 Å². The molecule has 3 heteroatoms. The Labute approximate surface area is 174 Å². The van der Waals surface area contributed by atoms with Gasteiger partial charge in [-0.25, -0.2) is 0 Å². The summed E-state index contributed by atoms with van der Waals surface area (Å²) in [6.07, 6.45) is 0. The van der Waals surface area contributed by atoms with Crippen LogP contribution in [0, 0.1) is 6.92 Å². The van der Waals surface area contributed by atoms with E-state index >= 15 is 0 Å². The van der Waals surface area contributed by atoms with E-state index in [2.05, 4.69) is 118 Å². The lowest BCUT2D eigenvalue weighted by Crippen LogP contribution is -1.80. The summed E-state index contributed by atoms with van der Waals surface area (Å²) in [4.78, 5) is 2.59. The third-order valence-corrected chi connectivity index (χ3v) is 6.62. The number of aryl methyl sites for hydroxylation is 1. The Balaban J connectivity index is 1.88. The van der Waals surface area contributed by atoms with Crippen molar-refractivity contribution in [3.63, 3.8) is 0 Å². The topological polar surface area (TPSA) is 0 Å². The number of rotatable bonds is 3. The second-order valence-corrected chi connectivity index (χ2v) is 9.12. The van der Waals surface area contributed by atoms with E-state index in [0.717, 1.165) is 8.95 Å². The molecule has 0 aliphatic rings. The molecule has 128 valence electrons. The Hall–Kier alpha value is -1.68. The molecular formula is C23H16Br2S. The van der Waals surface area contributed by atoms with Gasteiger partial charge in [0.1, 0.15) is 0 Å². The molecular weight excluding hydrogens is 468 g/mol. The van der Waals surface area contributed by atoms with Crippen LogP contribution < -0.4 is 0 Å². The van der Waals surface area contributed by atoms with Gasteiger partial charge in [-0.1, -0.05) is 86.0 Å². The molecule has 0 radical (unpaired) electrons. The van der Waals surface area contributed by atoms with Gasteiger partial charge in [0.15, 0.2) is 0 Å². The van der Waals surface area contributed by atoms with Gasteiger partial charge in [-0.3, -0.25) is 0 Å². The Morgan fingerprint density at radius 3 is 1.69 bits per heavy atom. The average Bonchev–Trinajstić information content (AvgIpc) is 3.09. The number of thiophene rings is 1. The molecule has 0 N–H and O–H groups in total. The highest BCUT2D eigenvalue weighted by Crippen LogP contribution is 2.43. The van der Waals surface area contributed by atoms with Crippen LogP contribution in [0.2, 0.25) is 0 Å². The molecule has 0 saturated carbocycles. The largest absolute Gasteiger partial charge is 0.135 e. The highest BCUT2D eigenvalue weighted by molar-refractivity contribution is 9.10. The van der Waals surface area contributed by atoms with Gasteiger partial charge in [-0.05, 0) is 53.9 Å². The zero-order chi connectivity index (χ0) is 18.1. The van der Waals surface area contributed by atoms with Gasteiger partial charge in [0.25, 0.3) is 0 Å². The molecule has 0 saturated heterocycles. The molecule has 1 heterocycles. The number of halogens is 2. The number of hydrogen-bond donors (Lipinski definition) is 0. The van der Waals surface area contributed by atoms with E-state index in [9.17, 15) is 0 Å². The van der Waals surface area contributed by atoms with Gasteiger partial charge in [0.05, 0.1) is 0 Å². The van der Waals surface area contributed by atoms with E-state index in [0.29, 0.717) is 0 Å². The third kappa shape index (κ3) is 3.71. The lowest BCUT2D eigenvalue weighted by molar-refractivity contribution is 1.48. The Bertz CT molecular complexity index is 964. The molecule has 0 aliphatic carbocycles. The van der Waals surface area contributed by atoms with Gasteiger partial charge in [-0.2, -0.15) is 0 Å². The molecule has 0 unspecified atom stereocenters. The summed E-state index contributed by atoms with van der Waals surface area (Å²) in [5.74, 6) is 0. The minimum Gasteiger partial charge on any atom is -0.135 e. The highest BCUT2D eigenvalue weighted by Gasteiger charge is 2.14. The summed E-state index contributed by atoms with van der Waals surface area (Å²) >= 11 is 8.91. The number of benzene rings is 3. The van der Waals surface area contributed by atoms with Crippen molar-refractivity contribution >= 4 is 43.2 Å². The summed E-state index contributed by atoms with van der Waals surface area (Å²) in [7, 11) is 0. The molecule has 0 atom stereocenters. The number of hydrogen-bond acceptors (Lipinski definition) is 1. The third-order valence-electron chi connectivity index (χ3n) is 4.33. The zero-order valence-corrected chi connectivity index (χ0v) is 18.2. The minimum atomic E-state index is 1.10. The van der Waals surface area contributed by atoms with E-state index in [-0.39, 0.29) is 0 Å². The molecule has 1 aromatic heterocycles. The molecule has 26 heavy (non-hydrogen) atoms. The summed E-state index contributed by atoms with van der Waals surface area (Å²) in [6, 6.07) is 28.2. The Kier molecular flexibility index (Phi) is 5.12. The van der Waals surface area contributed by atoms with Crippen LogP contribution >= 0.6 is 43.2 Å². The lowest BCUT2D eigenvalue weighted by atomic mass is 10.0. The van der Waals surface area contributed by atoms with Crippen LogP contribution in [0.5, 0.6) is 0 Å². The van der Waals surface area contributed by atoms with Gasteiger partial charge >= 0.3 is 0 Å². The van der Waals surface area contributed by atoms with E-state index in [4.69, 9.17) is 0 Å². The Morgan fingerprint density at radius 1 is 0.615 bits per heavy atom. The fraction of sp³-hybridized carbons (Fsp3) is 0.0435. The SMILES string of the molecule is Cc1ccc(-c2sc(-c3ccc(Br)cc3)cc2-c2ccc(Br)cc2)cc1. The molecule has 0 spiro atoms. The van der Waals surface area contributed by atoms with Crippen molar-refractivity contribution in [3.05, 3.63) is 93.4 Å². The molecule has 3 aromatic carbocycles. The maximum atomic E-state index is 3.54. The summed E-state index contributed by atoms with van der Waals surface area (Å²) < 4.78 is 2.20. The monoisotopic (exact) mass is 482 g/mol. The first kappa shape index (κ1) is 17.7. The normalized spacial score (nSPS) is 10.9. The summed E-state index contributed by atoms with van der Waals surface area (Å²) in [5, 5.41) is 0. The van der Waals surface area contributed by atoms with E-state index < -0.39 is 0 Å². The standard InChI is InChI=1S/C23H16Br2S/c1-15-2-4-18(5-3-15)23-21(16-6-10-19(24)11-7-16)14-22(26-23)17-8-12-20(25)13-9-17/h2-14H,1H3. The van der Waals surface area contributed by atoms with Gasteiger partial charge < -0.3 is 0 Å². The van der Waals surface area contributed by atoms with Crippen molar-refractivity contribution in [2.24, 2.45) is 0 Å². The van der Waals surface area contributed by atoms with Crippen molar-refractivity contribution in [1.82, 2.24) is 0 Å². The van der Waals surface area contributed by atoms with Crippen LogP contribution in [-0.4, -0.2) is 0 Å². The average molecular weight is 484 g/mol. The molecule has 4 rings (SSSR count). The zero-order valence-electron chi connectivity index (χ0n) is 14.2. The Morgan fingerprint density at radius 2 is 1.12 bits per heavy atom. The second kappa shape index (κ2) is 7.51. The molecule has 0 bridgehead atoms. The molecule has 0 fully saturated rings. The van der Waals surface area contributed by atoms with E-state index in [1.54, 1.807) is 0 Å². The van der Waals surface area contributed by atoms with Crippen molar-refractivity contribution in [3.8, 4) is 32.0 Å². The van der Waals surface area contributed by atoms with Crippen molar-refractivity contribution in [2.45, 2.75) is 6.92 Å². The molecule has 4 aromatic rings. The maximum absolute atomic E-state index is 3.54. The van der Waals surface area contributed by atoms with E-state index in [1.807, 2.05) is 11.3 Å². The van der Waals surface area contributed by atoms with E-state index in [1.165, 1.54) is 37.6 Å². The van der Waals surface area contributed by atoms with Crippen LogP contribution in [0.1, 0.15) is 5.56 Å². The molecule has 0 nitrogen and oxygen atoms in total. The molecule has 0 amide bonds. The maximum Gasteiger partial charge on any atom is 0.0427 e. The van der Waals surface area contributed by atoms with Crippen LogP contribution in [0.25, 0.3) is 32.0 Å². The predicted molar refractivity (Wildman–Crippen MR) is 121 cm³/mol. The summed E-state index contributed by atoms with van der Waals surface area (Å²) in [6.45, 7) is 2.13. The van der Waals surface area contributed by atoms with Crippen LogP contribution in [-0.2, 0) is 0 Å². The van der Waals surface area contributed by atoms with Crippen molar-refractivity contribution in [1.29, 1.82) is 0 Å². The van der Waals surface area contributed by atoms with Crippen molar-refractivity contribution in [2.75, 3.05) is 0 Å². The predicted octanol–water partition coefficient (Wildman–Crippen LogP) is 8.58. The first-order valence-corrected chi connectivity index (χ1v) is 10.7. The van der Waals surface area contributed by atoms with Crippen LogP contribution in [0.15, 0.2) is 87.8 Å².